The van der Waals surface area contributed by atoms with Crippen LogP contribution in [-0.2, 0) is 14.3 Å². The first-order chi connectivity index (χ1) is 7.58. The summed E-state index contributed by atoms with van der Waals surface area (Å²) < 4.78 is 5.19. The van der Waals surface area contributed by atoms with Crippen molar-refractivity contribution >= 4 is 17.9 Å². The molecule has 3 N–H and O–H groups in total. The molecule has 0 spiro atoms. The van der Waals surface area contributed by atoms with Crippen LogP contribution in [0.4, 0.5) is 4.79 Å². The van der Waals surface area contributed by atoms with E-state index in [0.29, 0.717) is 0 Å². The van der Waals surface area contributed by atoms with E-state index in [0.717, 1.165) is 12.8 Å². The molecule has 0 radical (unpaired) electrons. The van der Waals surface area contributed by atoms with Gasteiger partial charge in [0.2, 0.25) is 5.91 Å². The van der Waals surface area contributed by atoms with Gasteiger partial charge in [-0.15, -0.1) is 0 Å². The molecule has 2 aliphatic carbocycles. The van der Waals surface area contributed by atoms with E-state index in [1.807, 2.05) is 0 Å². The van der Waals surface area contributed by atoms with Crippen LogP contribution in [0.2, 0.25) is 0 Å². The lowest BCUT2D eigenvalue weighted by Crippen LogP contribution is -2.44. The fraction of sp³-hybridized carbons (Fsp3) is 0.700. The highest BCUT2D eigenvalue weighted by molar-refractivity contribution is 5.97. The number of ether oxygens (including phenoxy) is 1. The van der Waals surface area contributed by atoms with E-state index in [1.165, 1.54) is 0 Å². The molecule has 5 unspecified atom stereocenters. The van der Waals surface area contributed by atoms with Crippen molar-refractivity contribution in [3.63, 3.8) is 0 Å². The van der Waals surface area contributed by atoms with Gasteiger partial charge in [0, 0.05) is 5.92 Å². The number of urea groups is 1. The number of amides is 3. The Morgan fingerprint density at radius 2 is 2.12 bits per heavy atom. The maximum absolute atomic E-state index is 11.8. The van der Waals surface area contributed by atoms with Crippen LogP contribution in [0, 0.1) is 23.7 Å². The van der Waals surface area contributed by atoms with Gasteiger partial charge in [0.1, 0.15) is 6.10 Å². The van der Waals surface area contributed by atoms with Gasteiger partial charge in [-0.2, -0.15) is 0 Å². The topological polar surface area (TPSA) is 98.5 Å². The maximum Gasteiger partial charge on any atom is 0.318 e. The third kappa shape index (κ3) is 1.10. The number of rotatable bonds is 1. The zero-order valence-corrected chi connectivity index (χ0v) is 8.51. The van der Waals surface area contributed by atoms with Crippen molar-refractivity contribution in [2.45, 2.75) is 18.9 Å². The van der Waals surface area contributed by atoms with Crippen molar-refractivity contribution in [1.82, 2.24) is 5.32 Å². The molecule has 5 atom stereocenters. The van der Waals surface area contributed by atoms with Gasteiger partial charge in [0.15, 0.2) is 0 Å². The number of carbonyl (C=O) groups is 3. The van der Waals surface area contributed by atoms with Crippen molar-refractivity contribution in [3.05, 3.63) is 0 Å². The van der Waals surface area contributed by atoms with Crippen LogP contribution in [0.3, 0.4) is 0 Å². The number of nitrogens with one attached hydrogen (secondary N) is 1. The van der Waals surface area contributed by atoms with Gasteiger partial charge in [-0.05, 0) is 18.8 Å². The summed E-state index contributed by atoms with van der Waals surface area (Å²) >= 11 is 0. The van der Waals surface area contributed by atoms with E-state index >= 15 is 0 Å². The molecule has 16 heavy (non-hydrogen) atoms. The van der Waals surface area contributed by atoms with Crippen LogP contribution >= 0.6 is 0 Å². The van der Waals surface area contributed by atoms with E-state index < -0.39 is 17.9 Å². The molecule has 0 aromatic carbocycles. The summed E-state index contributed by atoms with van der Waals surface area (Å²) in [5.41, 5.74) is 4.90. The SMILES string of the molecule is NC(=O)NC(=O)C1C2CC3OC(=O)C1C3C2. The van der Waals surface area contributed by atoms with Gasteiger partial charge in [-0.1, -0.05) is 0 Å². The Bertz CT molecular complexity index is 392. The summed E-state index contributed by atoms with van der Waals surface area (Å²) in [6.45, 7) is 0. The zero-order chi connectivity index (χ0) is 11.4. The van der Waals surface area contributed by atoms with Gasteiger partial charge in [-0.3, -0.25) is 14.9 Å². The van der Waals surface area contributed by atoms with Gasteiger partial charge in [0.25, 0.3) is 0 Å². The van der Waals surface area contributed by atoms with Crippen LogP contribution in [0.15, 0.2) is 0 Å². The number of hydrogen-bond donors (Lipinski definition) is 2. The van der Waals surface area contributed by atoms with E-state index in [4.69, 9.17) is 10.5 Å². The quantitative estimate of drug-likeness (QED) is 0.580. The number of nitrogens with two attached hydrogens (primary N) is 1. The molecule has 3 fully saturated rings. The maximum atomic E-state index is 11.8. The molecule has 1 heterocycles. The molecule has 3 amide bonds. The molecule has 6 heteroatoms. The average molecular weight is 224 g/mol. The lowest BCUT2D eigenvalue weighted by Gasteiger charge is -2.22. The van der Waals surface area contributed by atoms with Crippen molar-refractivity contribution in [2.24, 2.45) is 29.4 Å². The first-order valence-corrected chi connectivity index (χ1v) is 5.38. The minimum absolute atomic E-state index is 0.000119. The predicted molar refractivity (Wildman–Crippen MR) is 50.8 cm³/mol. The number of hydrogen-bond acceptors (Lipinski definition) is 4. The summed E-state index contributed by atoms with van der Waals surface area (Å²) in [4.78, 5) is 34.0. The Hall–Kier alpha value is -1.59. The average Bonchev–Trinajstić information content (AvgIpc) is 2.75. The number of carbonyl (C=O) groups excluding carboxylic acids is 3. The largest absolute Gasteiger partial charge is 0.462 e. The molecule has 0 aromatic heterocycles. The second kappa shape index (κ2) is 2.96. The summed E-state index contributed by atoms with van der Waals surface area (Å²) in [5.74, 6) is -1.18. The fourth-order valence-corrected chi connectivity index (χ4v) is 3.57. The Labute approximate surface area is 91.5 Å². The summed E-state index contributed by atoms with van der Waals surface area (Å²) in [6.07, 6.45) is 1.59. The van der Waals surface area contributed by atoms with Crippen molar-refractivity contribution in [1.29, 1.82) is 0 Å². The normalized spacial score (nSPS) is 43.2. The van der Waals surface area contributed by atoms with Crippen LogP contribution in [0.1, 0.15) is 12.8 Å². The third-order valence-electron chi connectivity index (χ3n) is 4.03. The highest BCUT2D eigenvalue weighted by atomic mass is 16.6. The van der Waals surface area contributed by atoms with E-state index in [1.54, 1.807) is 0 Å². The molecule has 0 aromatic rings. The third-order valence-corrected chi connectivity index (χ3v) is 4.03. The van der Waals surface area contributed by atoms with Gasteiger partial charge < -0.3 is 10.5 Å². The first kappa shape index (κ1) is 9.62. The number of fused-ring (bicyclic) bond motifs is 1. The van der Waals surface area contributed by atoms with Crippen molar-refractivity contribution in [3.8, 4) is 0 Å². The molecule has 3 rings (SSSR count). The monoisotopic (exact) mass is 224 g/mol. The smallest absolute Gasteiger partial charge is 0.318 e. The Morgan fingerprint density at radius 1 is 1.38 bits per heavy atom. The number of primary amides is 1. The summed E-state index contributed by atoms with van der Waals surface area (Å²) in [7, 11) is 0. The molecule has 1 aliphatic heterocycles. The Morgan fingerprint density at radius 3 is 2.81 bits per heavy atom. The van der Waals surface area contributed by atoms with Crippen LogP contribution in [-0.4, -0.2) is 24.0 Å². The predicted octanol–water partition coefficient (Wildman–Crippen LogP) is -0.621. The van der Waals surface area contributed by atoms with Gasteiger partial charge >= 0.3 is 12.0 Å². The molecule has 1 saturated heterocycles. The Kier molecular flexibility index (Phi) is 1.78. The first-order valence-electron chi connectivity index (χ1n) is 5.38. The van der Waals surface area contributed by atoms with E-state index in [9.17, 15) is 14.4 Å². The van der Waals surface area contributed by atoms with Gasteiger partial charge in [-0.25, -0.2) is 4.79 Å². The molecular formula is C10H12N2O4. The highest BCUT2D eigenvalue weighted by Gasteiger charge is 2.63. The highest BCUT2D eigenvalue weighted by Crippen LogP contribution is 2.57. The standard InChI is InChI=1S/C10H12N2O4/c11-10(15)12-8(13)6-3-1-4-5(2-3)16-9(14)7(4)6/h3-7H,1-2H2,(H3,11,12,13,15). The lowest BCUT2D eigenvalue weighted by molar-refractivity contribution is -0.145. The minimum Gasteiger partial charge on any atom is -0.462 e. The number of imide groups is 1. The second-order valence-electron chi connectivity index (χ2n) is 4.78. The molecule has 2 saturated carbocycles. The molecule has 86 valence electrons. The van der Waals surface area contributed by atoms with Crippen LogP contribution < -0.4 is 11.1 Å². The van der Waals surface area contributed by atoms with Crippen LogP contribution in [0.5, 0.6) is 0 Å². The van der Waals surface area contributed by atoms with E-state index in [-0.39, 0.29) is 29.8 Å². The van der Waals surface area contributed by atoms with Gasteiger partial charge in [0.05, 0.1) is 11.8 Å². The second-order valence-corrected chi connectivity index (χ2v) is 4.78. The Balaban J connectivity index is 1.84. The molecule has 2 bridgehead atoms. The fourth-order valence-electron chi connectivity index (χ4n) is 3.57. The zero-order valence-electron chi connectivity index (χ0n) is 8.51. The molecular weight excluding hydrogens is 212 g/mol. The summed E-state index contributed by atoms with van der Waals surface area (Å²) in [5, 5.41) is 2.07. The number of esters is 1. The van der Waals surface area contributed by atoms with Crippen molar-refractivity contribution < 1.29 is 19.1 Å². The molecule has 3 aliphatic rings. The van der Waals surface area contributed by atoms with Crippen molar-refractivity contribution in [2.75, 3.05) is 0 Å². The summed E-state index contributed by atoms with van der Waals surface area (Å²) in [6, 6.07) is -0.865. The minimum atomic E-state index is -0.865. The molecule has 6 nitrogen and oxygen atoms in total. The lowest BCUT2D eigenvalue weighted by atomic mass is 9.79. The van der Waals surface area contributed by atoms with Crippen LogP contribution in [0.25, 0.3) is 0 Å². The van der Waals surface area contributed by atoms with E-state index in [2.05, 4.69) is 5.32 Å².